The van der Waals surface area contributed by atoms with Crippen molar-refractivity contribution in [2.24, 2.45) is 0 Å². The van der Waals surface area contributed by atoms with Crippen LogP contribution < -0.4 is 15.4 Å². The number of ether oxygens (including phenoxy) is 1. The Morgan fingerprint density at radius 2 is 1.79 bits per heavy atom. The van der Waals surface area contributed by atoms with Gasteiger partial charge in [-0.15, -0.1) is 0 Å². The topological polar surface area (TPSA) is 80.6 Å². The zero-order chi connectivity index (χ0) is 20.1. The Kier molecular flexibility index (Phi) is 6.61. The lowest BCUT2D eigenvalue weighted by molar-refractivity contribution is -0.118. The molecule has 0 atom stereocenters. The number of benzene rings is 2. The fraction of sp³-hybridized carbons (Fsp3) is 0.0526. The fourth-order valence-electron chi connectivity index (χ4n) is 2.28. The van der Waals surface area contributed by atoms with Crippen molar-refractivity contribution in [3.63, 3.8) is 0 Å². The molecule has 0 saturated carbocycles. The van der Waals surface area contributed by atoms with Crippen LogP contribution in [0.25, 0.3) is 0 Å². The number of nitrogens with one attached hydrogen (secondary N) is 2. The molecule has 0 spiro atoms. The minimum atomic E-state index is -0.396. The molecule has 9 heteroatoms. The van der Waals surface area contributed by atoms with Crippen molar-refractivity contribution in [2.75, 3.05) is 17.2 Å². The number of furan rings is 1. The molecule has 0 unspecified atom stereocenters. The van der Waals surface area contributed by atoms with E-state index in [1.807, 2.05) is 0 Å². The molecule has 1 aromatic heterocycles. The third kappa shape index (κ3) is 5.28. The Hall–Kier alpha value is -2.48. The summed E-state index contributed by atoms with van der Waals surface area (Å²) in [7, 11) is 0. The smallest absolute Gasteiger partial charge is 0.291 e. The molecule has 6 nitrogen and oxygen atoms in total. The first-order chi connectivity index (χ1) is 13.4. The summed E-state index contributed by atoms with van der Waals surface area (Å²) < 4.78 is 11.1. The predicted octanol–water partition coefficient (Wildman–Crippen LogP) is 5.62. The molecule has 0 fully saturated rings. The van der Waals surface area contributed by atoms with Gasteiger partial charge in [-0.3, -0.25) is 9.59 Å². The molecule has 3 aromatic rings. The van der Waals surface area contributed by atoms with Crippen molar-refractivity contribution in [1.82, 2.24) is 0 Å². The maximum atomic E-state index is 12.2. The highest BCUT2D eigenvalue weighted by atomic mass is 79.9. The Bertz CT molecular complexity index is 986. The van der Waals surface area contributed by atoms with Crippen LogP contribution in [0, 0.1) is 0 Å². The van der Waals surface area contributed by atoms with Crippen molar-refractivity contribution < 1.29 is 18.7 Å². The molecule has 3 rings (SSSR count). The van der Waals surface area contributed by atoms with Gasteiger partial charge in [0, 0.05) is 16.4 Å². The van der Waals surface area contributed by atoms with Crippen LogP contribution in [0.2, 0.25) is 10.0 Å². The molecule has 2 amide bonds. The second-order valence-electron chi connectivity index (χ2n) is 5.55. The Balaban J connectivity index is 1.59. The second-order valence-corrected chi connectivity index (χ2v) is 7.25. The van der Waals surface area contributed by atoms with Crippen LogP contribution in [0.3, 0.4) is 0 Å². The third-order valence-electron chi connectivity index (χ3n) is 3.46. The zero-order valence-corrected chi connectivity index (χ0v) is 17.3. The summed E-state index contributed by atoms with van der Waals surface area (Å²) in [5, 5.41) is 6.11. The van der Waals surface area contributed by atoms with Crippen molar-refractivity contribution in [2.45, 2.75) is 0 Å². The summed E-state index contributed by atoms with van der Waals surface area (Å²) >= 11 is 15.3. The fourth-order valence-corrected chi connectivity index (χ4v) is 3.65. The van der Waals surface area contributed by atoms with E-state index in [-0.39, 0.29) is 23.3 Å². The highest BCUT2D eigenvalue weighted by Crippen LogP contribution is 2.36. The second kappa shape index (κ2) is 9.14. The van der Waals surface area contributed by atoms with E-state index in [4.69, 9.17) is 32.4 Å². The van der Waals surface area contributed by atoms with Gasteiger partial charge in [0.05, 0.1) is 15.8 Å². The first-order valence-electron chi connectivity index (χ1n) is 7.94. The molecule has 2 aromatic carbocycles. The molecule has 0 aliphatic heterocycles. The lowest BCUT2D eigenvalue weighted by Crippen LogP contribution is -2.20. The van der Waals surface area contributed by atoms with Crippen LogP contribution in [0.1, 0.15) is 10.6 Å². The van der Waals surface area contributed by atoms with Crippen LogP contribution >= 0.6 is 39.1 Å². The lowest BCUT2D eigenvalue weighted by atomic mass is 10.2. The molecule has 0 aliphatic carbocycles. The molecule has 0 saturated heterocycles. The molecule has 0 aliphatic rings. The molecule has 0 bridgehead atoms. The van der Waals surface area contributed by atoms with Gasteiger partial charge in [0.25, 0.3) is 11.8 Å². The van der Waals surface area contributed by atoms with Gasteiger partial charge < -0.3 is 19.8 Å². The SMILES string of the molecule is O=C(COc1c(Cl)cc(Cl)cc1Br)Nc1cccc(NC(=O)c2ccco2)c1. The van der Waals surface area contributed by atoms with Crippen molar-refractivity contribution in [3.8, 4) is 5.75 Å². The largest absolute Gasteiger partial charge is 0.481 e. The first-order valence-corrected chi connectivity index (χ1v) is 9.49. The van der Waals surface area contributed by atoms with Gasteiger partial charge in [-0.25, -0.2) is 0 Å². The summed E-state index contributed by atoms with van der Waals surface area (Å²) in [5.41, 5.74) is 0.996. The maximum Gasteiger partial charge on any atom is 0.291 e. The van der Waals surface area contributed by atoms with E-state index in [2.05, 4.69) is 26.6 Å². The van der Waals surface area contributed by atoms with Gasteiger partial charge in [-0.1, -0.05) is 29.3 Å². The number of amides is 2. The Morgan fingerprint density at radius 3 is 2.46 bits per heavy atom. The number of hydrogen-bond acceptors (Lipinski definition) is 4. The molecule has 144 valence electrons. The summed E-state index contributed by atoms with van der Waals surface area (Å²) in [5.74, 6) is -0.277. The van der Waals surface area contributed by atoms with Crippen LogP contribution in [0.4, 0.5) is 11.4 Å². The molecule has 28 heavy (non-hydrogen) atoms. The number of halogens is 3. The number of carbonyl (C=O) groups is 2. The van der Waals surface area contributed by atoms with Gasteiger partial charge in [0.15, 0.2) is 18.1 Å². The third-order valence-corrected chi connectivity index (χ3v) is 4.55. The number of hydrogen-bond donors (Lipinski definition) is 2. The molecule has 1 heterocycles. The monoisotopic (exact) mass is 482 g/mol. The highest BCUT2D eigenvalue weighted by Gasteiger charge is 2.12. The molecule has 0 radical (unpaired) electrons. The van der Waals surface area contributed by atoms with Crippen LogP contribution in [0.15, 0.2) is 63.7 Å². The van der Waals surface area contributed by atoms with E-state index in [9.17, 15) is 9.59 Å². The quantitative estimate of drug-likeness (QED) is 0.476. The normalized spacial score (nSPS) is 10.4. The minimum absolute atomic E-state index is 0.188. The van der Waals surface area contributed by atoms with Crippen molar-refractivity contribution in [3.05, 3.63) is 75.1 Å². The van der Waals surface area contributed by atoms with E-state index in [1.165, 1.54) is 12.3 Å². The average Bonchev–Trinajstić information content (AvgIpc) is 3.16. The summed E-state index contributed by atoms with van der Waals surface area (Å²) in [6.45, 7) is -0.261. The predicted molar refractivity (Wildman–Crippen MR) is 111 cm³/mol. The molecular weight excluding hydrogens is 471 g/mol. The summed E-state index contributed by atoms with van der Waals surface area (Å²) in [6.07, 6.45) is 1.41. The summed E-state index contributed by atoms with van der Waals surface area (Å²) in [6, 6.07) is 13.0. The maximum absolute atomic E-state index is 12.2. The summed E-state index contributed by atoms with van der Waals surface area (Å²) in [4.78, 5) is 24.2. The Morgan fingerprint density at radius 1 is 1.04 bits per heavy atom. The van der Waals surface area contributed by atoms with E-state index >= 15 is 0 Å². The average molecular weight is 484 g/mol. The standard InChI is InChI=1S/C19H13BrCl2N2O4/c20-14-7-11(21)8-15(22)18(14)28-10-17(25)23-12-3-1-4-13(9-12)24-19(26)16-5-2-6-27-16/h1-9H,10H2,(H,23,25)(H,24,26). The van der Waals surface area contributed by atoms with E-state index < -0.39 is 5.91 Å². The number of carbonyl (C=O) groups excluding carboxylic acids is 2. The van der Waals surface area contributed by atoms with Crippen molar-refractivity contribution in [1.29, 1.82) is 0 Å². The van der Waals surface area contributed by atoms with Gasteiger partial charge >= 0.3 is 0 Å². The molecular formula is C19H13BrCl2N2O4. The molecule has 2 N–H and O–H groups in total. The van der Waals surface area contributed by atoms with Crippen LogP contribution in [-0.2, 0) is 4.79 Å². The van der Waals surface area contributed by atoms with Gasteiger partial charge in [-0.2, -0.15) is 0 Å². The lowest BCUT2D eigenvalue weighted by Gasteiger charge is -2.11. The first kappa shape index (κ1) is 20.3. The van der Waals surface area contributed by atoms with Gasteiger partial charge in [0.1, 0.15) is 0 Å². The van der Waals surface area contributed by atoms with Crippen molar-refractivity contribution >= 4 is 62.3 Å². The highest BCUT2D eigenvalue weighted by molar-refractivity contribution is 9.10. The van der Waals surface area contributed by atoms with E-state index in [0.717, 1.165) is 0 Å². The number of rotatable bonds is 6. The van der Waals surface area contributed by atoms with E-state index in [1.54, 1.807) is 42.5 Å². The van der Waals surface area contributed by atoms with Gasteiger partial charge in [-0.05, 0) is 58.4 Å². The van der Waals surface area contributed by atoms with Crippen LogP contribution in [0.5, 0.6) is 5.75 Å². The Labute approximate surface area is 178 Å². The zero-order valence-electron chi connectivity index (χ0n) is 14.2. The van der Waals surface area contributed by atoms with E-state index in [0.29, 0.717) is 26.6 Å². The number of anilines is 2. The minimum Gasteiger partial charge on any atom is -0.481 e. The van der Waals surface area contributed by atoms with Gasteiger partial charge in [0.2, 0.25) is 0 Å². The van der Waals surface area contributed by atoms with Crippen LogP contribution in [-0.4, -0.2) is 18.4 Å².